The average Bonchev–Trinajstić information content (AvgIpc) is 2.95. The van der Waals surface area contributed by atoms with Gasteiger partial charge < -0.3 is 15.0 Å². The molecule has 0 unspecified atom stereocenters. The van der Waals surface area contributed by atoms with Gasteiger partial charge in [0, 0.05) is 5.69 Å². The Hall–Kier alpha value is -3.30. The molecule has 0 aliphatic carbocycles. The van der Waals surface area contributed by atoms with Crippen LogP contribution in [0.25, 0.3) is 11.2 Å². The maximum absolute atomic E-state index is 12.6. The molecule has 0 aliphatic rings. The first-order valence-electron chi connectivity index (χ1n) is 7.00. The second kappa shape index (κ2) is 6.30. The Labute approximate surface area is 139 Å². The average molecular weight is 351 g/mol. The molecule has 10 heteroatoms. The number of rotatable bonds is 3. The van der Waals surface area contributed by atoms with Gasteiger partial charge in [-0.1, -0.05) is 0 Å². The van der Waals surface area contributed by atoms with Gasteiger partial charge in [-0.15, -0.1) is 0 Å². The van der Waals surface area contributed by atoms with Crippen LogP contribution in [0.2, 0.25) is 0 Å². The van der Waals surface area contributed by atoms with Crippen molar-refractivity contribution < 1.29 is 22.7 Å². The molecular weight excluding hydrogens is 339 g/mol. The highest BCUT2D eigenvalue weighted by Gasteiger charge is 2.29. The zero-order chi connectivity index (χ0) is 18.0. The van der Waals surface area contributed by atoms with Crippen molar-refractivity contribution in [3.63, 3.8) is 0 Å². The van der Waals surface area contributed by atoms with E-state index in [1.807, 2.05) is 0 Å². The van der Waals surface area contributed by atoms with Gasteiger partial charge in [-0.25, -0.2) is 9.78 Å². The zero-order valence-corrected chi connectivity index (χ0v) is 12.8. The summed E-state index contributed by atoms with van der Waals surface area (Å²) >= 11 is 0. The number of H-pyrrole nitrogens is 1. The van der Waals surface area contributed by atoms with E-state index in [0.29, 0.717) is 22.5 Å². The number of imidazole rings is 1. The fourth-order valence-electron chi connectivity index (χ4n) is 2.08. The minimum absolute atomic E-state index is 0.168. The van der Waals surface area contributed by atoms with Crippen LogP contribution in [-0.2, 0) is 10.9 Å². The van der Waals surface area contributed by atoms with E-state index in [9.17, 15) is 18.0 Å². The molecule has 1 aromatic carbocycles. The molecule has 2 aromatic heterocycles. The summed E-state index contributed by atoms with van der Waals surface area (Å²) in [5, 5.41) is 5.32. The molecule has 3 aromatic rings. The standard InChI is InChI=1S/C15H12F3N5O2/c1-25-14(24)23-13-21-11-6-10(7-19-12(11)22-13)20-9-4-2-8(3-5-9)15(16,17)18/h2-7,20H,1H3,(H2,19,21,22,23,24). The molecule has 0 atom stereocenters. The van der Waals surface area contributed by atoms with Gasteiger partial charge in [-0.05, 0) is 30.3 Å². The van der Waals surface area contributed by atoms with Gasteiger partial charge in [0.05, 0.1) is 30.1 Å². The van der Waals surface area contributed by atoms with Crippen molar-refractivity contribution in [1.29, 1.82) is 0 Å². The fourth-order valence-corrected chi connectivity index (χ4v) is 2.08. The molecule has 3 N–H and O–H groups in total. The quantitative estimate of drug-likeness (QED) is 0.666. The first-order valence-corrected chi connectivity index (χ1v) is 7.00. The number of aromatic amines is 1. The highest BCUT2D eigenvalue weighted by Crippen LogP contribution is 2.30. The van der Waals surface area contributed by atoms with Gasteiger partial charge in [0.2, 0.25) is 5.95 Å². The van der Waals surface area contributed by atoms with Crippen molar-refractivity contribution in [2.45, 2.75) is 6.18 Å². The summed E-state index contributed by atoms with van der Waals surface area (Å²) in [4.78, 5) is 22.2. The molecule has 0 fully saturated rings. The predicted octanol–water partition coefficient (Wildman–Crippen LogP) is 3.90. The van der Waals surface area contributed by atoms with Gasteiger partial charge >= 0.3 is 12.3 Å². The summed E-state index contributed by atoms with van der Waals surface area (Å²) in [5.41, 5.74) is 1.19. The van der Waals surface area contributed by atoms with Gasteiger partial charge in [-0.3, -0.25) is 5.32 Å². The molecule has 25 heavy (non-hydrogen) atoms. The Morgan fingerprint density at radius 1 is 1.20 bits per heavy atom. The number of methoxy groups -OCH3 is 1. The van der Waals surface area contributed by atoms with Crippen LogP contribution < -0.4 is 10.6 Å². The molecule has 2 heterocycles. The smallest absolute Gasteiger partial charge is 0.416 e. The lowest BCUT2D eigenvalue weighted by atomic mass is 10.2. The van der Waals surface area contributed by atoms with Crippen molar-refractivity contribution in [2.24, 2.45) is 0 Å². The third kappa shape index (κ3) is 3.79. The number of amides is 1. The van der Waals surface area contributed by atoms with Crippen LogP contribution in [0.4, 0.5) is 35.3 Å². The SMILES string of the molecule is COC(=O)Nc1nc2ncc(Nc3ccc(C(F)(F)F)cc3)cc2[nH]1. The van der Waals surface area contributed by atoms with E-state index in [2.05, 4.69) is 30.3 Å². The van der Waals surface area contributed by atoms with Crippen LogP contribution >= 0.6 is 0 Å². The Morgan fingerprint density at radius 3 is 2.56 bits per heavy atom. The number of nitrogens with zero attached hydrogens (tertiary/aromatic N) is 2. The van der Waals surface area contributed by atoms with Gasteiger partial charge in [0.1, 0.15) is 0 Å². The van der Waals surface area contributed by atoms with Crippen LogP contribution in [-0.4, -0.2) is 28.2 Å². The number of ether oxygens (including phenoxy) is 1. The molecule has 0 bridgehead atoms. The second-order valence-electron chi connectivity index (χ2n) is 5.00. The summed E-state index contributed by atoms with van der Waals surface area (Å²) in [7, 11) is 1.22. The minimum atomic E-state index is -4.38. The van der Waals surface area contributed by atoms with Crippen LogP contribution in [0, 0.1) is 0 Å². The minimum Gasteiger partial charge on any atom is -0.453 e. The van der Waals surface area contributed by atoms with Crippen LogP contribution in [0.1, 0.15) is 5.56 Å². The van der Waals surface area contributed by atoms with Gasteiger partial charge in [-0.2, -0.15) is 18.2 Å². The molecule has 130 valence electrons. The van der Waals surface area contributed by atoms with Gasteiger partial charge in [0.15, 0.2) is 5.65 Å². The number of alkyl halides is 3. The molecular formula is C15H12F3N5O2. The first-order chi connectivity index (χ1) is 11.8. The number of hydrogen-bond acceptors (Lipinski definition) is 5. The molecule has 0 spiro atoms. The van der Waals surface area contributed by atoms with Gasteiger partial charge in [0.25, 0.3) is 0 Å². The van der Waals surface area contributed by atoms with Crippen molar-refractivity contribution in [3.05, 3.63) is 42.1 Å². The Morgan fingerprint density at radius 2 is 1.92 bits per heavy atom. The summed E-state index contributed by atoms with van der Waals surface area (Å²) in [5.74, 6) is 0.168. The van der Waals surface area contributed by atoms with E-state index in [1.54, 1.807) is 6.07 Å². The lowest BCUT2D eigenvalue weighted by Gasteiger charge is -2.09. The molecule has 0 radical (unpaired) electrons. The molecule has 0 saturated heterocycles. The summed E-state index contributed by atoms with van der Waals surface area (Å²) in [6, 6.07) is 6.29. The van der Waals surface area contributed by atoms with Crippen molar-refractivity contribution >= 4 is 34.6 Å². The highest BCUT2D eigenvalue weighted by molar-refractivity contribution is 5.86. The number of carbonyl (C=O) groups is 1. The number of anilines is 3. The van der Waals surface area contributed by atoms with E-state index in [0.717, 1.165) is 12.1 Å². The largest absolute Gasteiger partial charge is 0.453 e. The summed E-state index contributed by atoms with van der Waals surface area (Å²) in [6.45, 7) is 0. The highest BCUT2D eigenvalue weighted by atomic mass is 19.4. The van der Waals surface area contributed by atoms with E-state index < -0.39 is 17.8 Å². The van der Waals surface area contributed by atoms with E-state index in [4.69, 9.17) is 0 Å². The van der Waals surface area contributed by atoms with Crippen LogP contribution in [0.3, 0.4) is 0 Å². The van der Waals surface area contributed by atoms with Crippen molar-refractivity contribution in [3.8, 4) is 0 Å². The van der Waals surface area contributed by atoms with Crippen LogP contribution in [0.5, 0.6) is 0 Å². The third-order valence-electron chi connectivity index (χ3n) is 3.24. The Bertz CT molecular complexity index is 906. The lowest BCUT2D eigenvalue weighted by molar-refractivity contribution is -0.137. The predicted molar refractivity (Wildman–Crippen MR) is 84.6 cm³/mol. The maximum Gasteiger partial charge on any atom is 0.416 e. The first kappa shape index (κ1) is 16.6. The topological polar surface area (TPSA) is 91.9 Å². The lowest BCUT2D eigenvalue weighted by Crippen LogP contribution is -2.11. The van der Waals surface area contributed by atoms with E-state index in [1.165, 1.54) is 25.4 Å². The summed E-state index contributed by atoms with van der Waals surface area (Å²) in [6.07, 6.45) is -3.58. The van der Waals surface area contributed by atoms with E-state index >= 15 is 0 Å². The van der Waals surface area contributed by atoms with Crippen molar-refractivity contribution in [1.82, 2.24) is 15.0 Å². The molecule has 3 rings (SSSR count). The monoisotopic (exact) mass is 351 g/mol. The van der Waals surface area contributed by atoms with Crippen LogP contribution in [0.15, 0.2) is 36.5 Å². The second-order valence-corrected chi connectivity index (χ2v) is 5.00. The normalized spacial score (nSPS) is 11.4. The third-order valence-corrected chi connectivity index (χ3v) is 3.24. The number of fused-ring (bicyclic) bond motifs is 1. The number of aromatic nitrogens is 3. The molecule has 0 saturated carbocycles. The number of carbonyl (C=O) groups excluding carboxylic acids is 1. The number of benzene rings is 1. The molecule has 0 aliphatic heterocycles. The number of hydrogen-bond donors (Lipinski definition) is 3. The maximum atomic E-state index is 12.6. The zero-order valence-electron chi connectivity index (χ0n) is 12.8. The molecule has 7 nitrogen and oxygen atoms in total. The molecule has 1 amide bonds. The fraction of sp³-hybridized carbons (Fsp3) is 0.133. The number of halogens is 3. The number of nitrogens with one attached hydrogen (secondary N) is 3. The Kier molecular flexibility index (Phi) is 4.17. The summed E-state index contributed by atoms with van der Waals surface area (Å²) < 4.78 is 42.1. The van der Waals surface area contributed by atoms with Crippen molar-refractivity contribution in [2.75, 3.05) is 17.7 Å². The van der Waals surface area contributed by atoms with E-state index in [-0.39, 0.29) is 5.95 Å². The number of pyridine rings is 1. The Balaban J connectivity index is 1.78.